The first kappa shape index (κ1) is 32.8. The maximum atomic E-state index is 15.0. The number of allylic oxidation sites excluding steroid dienone is 2. The van der Waals surface area contributed by atoms with Crippen LogP contribution in [0.5, 0.6) is 5.75 Å². The molecule has 2 aromatic rings. The molecule has 0 heterocycles. The number of amides is 1. The minimum atomic E-state index is -5.08. The van der Waals surface area contributed by atoms with Gasteiger partial charge in [0.05, 0.1) is 11.6 Å². The van der Waals surface area contributed by atoms with Gasteiger partial charge in [0.25, 0.3) is 5.91 Å². The lowest BCUT2D eigenvalue weighted by atomic mass is 9.75. The van der Waals surface area contributed by atoms with E-state index in [1.54, 1.807) is 0 Å². The van der Waals surface area contributed by atoms with Gasteiger partial charge in [-0.25, -0.2) is 22.0 Å². The average molecular weight is 635 g/mol. The molecule has 44 heavy (non-hydrogen) atoms. The van der Waals surface area contributed by atoms with Gasteiger partial charge in [0.1, 0.15) is 29.5 Å². The van der Waals surface area contributed by atoms with Crippen LogP contribution in [0.15, 0.2) is 95.9 Å². The monoisotopic (exact) mass is 635 g/mol. The number of ether oxygens (including phenoxy) is 1. The summed E-state index contributed by atoms with van der Waals surface area (Å²) in [5, 5.41) is 12.2. The van der Waals surface area contributed by atoms with Crippen LogP contribution in [0.3, 0.4) is 0 Å². The van der Waals surface area contributed by atoms with Gasteiger partial charge in [0.15, 0.2) is 0 Å². The van der Waals surface area contributed by atoms with E-state index >= 15 is 0 Å². The number of hydrogen-bond acceptors (Lipinski definition) is 3. The van der Waals surface area contributed by atoms with E-state index in [-0.39, 0.29) is 22.4 Å². The highest BCUT2D eigenvalue weighted by Crippen LogP contribution is 2.41. The van der Waals surface area contributed by atoms with Gasteiger partial charge in [0.2, 0.25) is 0 Å². The van der Waals surface area contributed by atoms with Crippen molar-refractivity contribution in [3.63, 3.8) is 0 Å². The molecule has 0 saturated carbocycles. The normalized spacial score (nSPS) is 22.2. The Labute approximate surface area is 244 Å². The van der Waals surface area contributed by atoms with Crippen molar-refractivity contribution in [2.45, 2.75) is 49.4 Å². The number of alkyl halides is 8. The lowest BCUT2D eigenvalue weighted by Gasteiger charge is -2.39. The average Bonchev–Trinajstić information content (AvgIpc) is 2.93. The number of nitrogens with one attached hydrogen (secondary N) is 1. The fourth-order valence-electron chi connectivity index (χ4n) is 4.88. The van der Waals surface area contributed by atoms with E-state index in [4.69, 9.17) is 0 Å². The van der Waals surface area contributed by atoms with E-state index in [0.717, 1.165) is 42.5 Å². The molecule has 4 rings (SSSR count). The molecule has 14 heteroatoms. The molecule has 0 spiro atoms. The third-order valence-corrected chi connectivity index (χ3v) is 7.00. The van der Waals surface area contributed by atoms with Gasteiger partial charge in [-0.2, -0.15) is 22.0 Å². The zero-order valence-electron chi connectivity index (χ0n) is 22.3. The molecule has 4 atom stereocenters. The van der Waals surface area contributed by atoms with E-state index in [2.05, 4.69) is 10.1 Å². The van der Waals surface area contributed by atoms with E-state index in [1.807, 2.05) is 0 Å². The minimum absolute atomic E-state index is 0.0342. The SMILES string of the molecule is O=C(N[C@](Cc1ccc(O)cc1)(C1=CC(OC(F)(F)C(F)F)CC(F)=C1)c1ccc(F)cc1)C1=CC(C(F)(F)F)C(F)C=C1. The minimum Gasteiger partial charge on any atom is -0.508 e. The molecule has 2 aliphatic carbocycles. The van der Waals surface area contributed by atoms with E-state index in [1.165, 1.54) is 24.3 Å². The number of aromatic hydroxyl groups is 1. The van der Waals surface area contributed by atoms with Crippen LogP contribution in [0.1, 0.15) is 17.5 Å². The number of carbonyl (C=O) groups is 1. The molecule has 0 fully saturated rings. The number of phenols is 1. The van der Waals surface area contributed by atoms with Crippen molar-refractivity contribution >= 4 is 5.91 Å². The molecule has 2 N–H and O–H groups in total. The molecule has 3 unspecified atom stereocenters. The number of rotatable bonds is 9. The van der Waals surface area contributed by atoms with Crippen LogP contribution >= 0.6 is 0 Å². The molecule has 0 aliphatic heterocycles. The van der Waals surface area contributed by atoms with Crippen LogP contribution in [0.4, 0.5) is 43.9 Å². The largest absolute Gasteiger partial charge is 0.508 e. The second kappa shape index (κ2) is 12.5. The van der Waals surface area contributed by atoms with Crippen LogP contribution in [0.25, 0.3) is 0 Å². The Kier molecular flexibility index (Phi) is 9.33. The van der Waals surface area contributed by atoms with Gasteiger partial charge >= 0.3 is 18.7 Å². The van der Waals surface area contributed by atoms with Gasteiger partial charge in [-0.3, -0.25) is 4.79 Å². The van der Waals surface area contributed by atoms with Gasteiger partial charge in [0, 0.05) is 18.4 Å². The Morgan fingerprint density at radius 3 is 2.20 bits per heavy atom. The number of benzene rings is 2. The smallest absolute Gasteiger partial charge is 0.417 e. The number of halogens is 10. The second-order valence-electron chi connectivity index (χ2n) is 10.1. The Morgan fingerprint density at radius 1 is 0.977 bits per heavy atom. The highest BCUT2D eigenvalue weighted by Gasteiger charge is 2.47. The maximum Gasteiger partial charge on any atom is 0.417 e. The molecule has 1 amide bonds. The van der Waals surface area contributed by atoms with Gasteiger partial charge in [-0.05, 0) is 59.2 Å². The molecular formula is C30H23F10NO3. The zero-order chi connectivity index (χ0) is 32.4. The summed E-state index contributed by atoms with van der Waals surface area (Å²) in [5.41, 5.74) is -2.87. The first-order valence-corrected chi connectivity index (χ1v) is 12.9. The van der Waals surface area contributed by atoms with E-state index < -0.39 is 78.4 Å². The first-order valence-electron chi connectivity index (χ1n) is 12.9. The third-order valence-electron chi connectivity index (χ3n) is 7.00. The predicted octanol–water partition coefficient (Wildman–Crippen LogP) is 7.52. The van der Waals surface area contributed by atoms with Gasteiger partial charge in [-0.1, -0.05) is 36.4 Å². The quantitative estimate of drug-likeness (QED) is 0.280. The summed E-state index contributed by atoms with van der Waals surface area (Å²) in [5.74, 6) is -6.03. The van der Waals surface area contributed by atoms with E-state index in [9.17, 15) is 53.8 Å². The summed E-state index contributed by atoms with van der Waals surface area (Å²) in [6.07, 6.45) is -16.9. The van der Waals surface area contributed by atoms with Crippen molar-refractivity contribution < 1.29 is 58.5 Å². The molecular weight excluding hydrogens is 612 g/mol. The molecule has 2 aliphatic rings. The highest BCUT2D eigenvalue weighted by atomic mass is 19.4. The second-order valence-corrected chi connectivity index (χ2v) is 10.1. The summed E-state index contributed by atoms with van der Waals surface area (Å²) < 4.78 is 141. The Bertz CT molecular complexity index is 1480. The number of hydrogen-bond donors (Lipinski definition) is 2. The fraction of sp³-hybridized carbons (Fsp3) is 0.300. The lowest BCUT2D eigenvalue weighted by molar-refractivity contribution is -0.312. The van der Waals surface area contributed by atoms with Crippen molar-refractivity contribution in [2.75, 3.05) is 0 Å². The van der Waals surface area contributed by atoms with Crippen molar-refractivity contribution in [3.8, 4) is 5.75 Å². The first-order chi connectivity index (χ1) is 20.5. The number of phenolic OH excluding ortho intramolecular Hbond substituents is 1. The third kappa shape index (κ3) is 7.34. The number of carbonyl (C=O) groups excluding carboxylic acids is 1. The standard InChI is InChI=1S/C30H23F10NO3/c31-20-6-4-18(5-7-20)28(15-16-1-8-22(42)9-2-16,19-12-21(32)14-23(13-19)44-30(39,40)27(34)35)41-26(43)17-3-10-25(33)24(11-17)29(36,37)38/h1-13,23-25,27,42H,14-15H2,(H,41,43)/t23?,24?,25?,28-/m0/s1. The van der Waals surface area contributed by atoms with Crippen molar-refractivity contribution in [2.24, 2.45) is 5.92 Å². The van der Waals surface area contributed by atoms with Crippen molar-refractivity contribution in [1.29, 1.82) is 0 Å². The van der Waals surface area contributed by atoms with E-state index in [0.29, 0.717) is 12.2 Å². The summed E-state index contributed by atoms with van der Waals surface area (Å²) in [6.45, 7) is 0. The summed E-state index contributed by atoms with van der Waals surface area (Å²) in [6, 6.07) is 9.30. The fourth-order valence-corrected chi connectivity index (χ4v) is 4.88. The topological polar surface area (TPSA) is 58.6 Å². The molecule has 236 valence electrons. The molecule has 0 aromatic heterocycles. The van der Waals surface area contributed by atoms with Crippen molar-refractivity contribution in [3.05, 3.63) is 113 Å². The molecule has 0 bridgehead atoms. The van der Waals surface area contributed by atoms with Crippen LogP contribution in [-0.2, 0) is 21.5 Å². The molecule has 0 saturated heterocycles. The Morgan fingerprint density at radius 2 is 1.61 bits per heavy atom. The van der Waals surface area contributed by atoms with Gasteiger partial charge < -0.3 is 15.2 Å². The summed E-state index contributed by atoms with van der Waals surface area (Å²) >= 11 is 0. The Balaban J connectivity index is 1.90. The highest BCUT2D eigenvalue weighted by molar-refractivity contribution is 5.97. The Hall–Kier alpha value is -4.07. The van der Waals surface area contributed by atoms with Crippen LogP contribution in [0, 0.1) is 11.7 Å². The summed E-state index contributed by atoms with van der Waals surface area (Å²) in [7, 11) is 0. The van der Waals surface area contributed by atoms with Crippen LogP contribution in [0.2, 0.25) is 0 Å². The maximum absolute atomic E-state index is 15.0. The predicted molar refractivity (Wildman–Crippen MR) is 137 cm³/mol. The molecule has 2 aromatic carbocycles. The van der Waals surface area contributed by atoms with Crippen LogP contribution < -0.4 is 5.32 Å². The van der Waals surface area contributed by atoms with Crippen LogP contribution in [-0.4, -0.2) is 42.0 Å². The summed E-state index contributed by atoms with van der Waals surface area (Å²) in [4.78, 5) is 13.6. The zero-order valence-corrected chi connectivity index (χ0v) is 22.3. The van der Waals surface area contributed by atoms with Crippen molar-refractivity contribution in [1.82, 2.24) is 5.32 Å². The molecule has 0 radical (unpaired) electrons. The molecule has 4 nitrogen and oxygen atoms in total. The van der Waals surface area contributed by atoms with Gasteiger partial charge in [-0.15, -0.1) is 0 Å². The lowest BCUT2D eigenvalue weighted by Crippen LogP contribution is -2.50.